The van der Waals surface area contributed by atoms with E-state index in [2.05, 4.69) is 60.1 Å². The van der Waals surface area contributed by atoms with Crippen molar-refractivity contribution >= 4 is 16.6 Å². The molecule has 0 fully saturated rings. The summed E-state index contributed by atoms with van der Waals surface area (Å²) in [6.45, 7) is 22.6. The number of hydrogen-bond donors (Lipinski definition) is 0. The summed E-state index contributed by atoms with van der Waals surface area (Å²) in [5, 5.41) is -0.255. The van der Waals surface area contributed by atoms with E-state index < -0.39 is 16.6 Å². The van der Waals surface area contributed by atoms with Gasteiger partial charge >= 0.3 is 0 Å². The van der Waals surface area contributed by atoms with Gasteiger partial charge in [-0.1, -0.05) is 27.0 Å². The average Bonchev–Trinajstić information content (AvgIpc) is 2.34. The molecular weight excluding hydrogens is 284 g/mol. The normalized spacial score (nSPS) is 16.9. The molecule has 0 aliphatic carbocycles. The van der Waals surface area contributed by atoms with Crippen LogP contribution in [-0.2, 0) is 13.6 Å². The maximum Gasteiger partial charge on any atom is 0.274 e. The van der Waals surface area contributed by atoms with Crippen molar-refractivity contribution in [2.45, 2.75) is 70.8 Å². The van der Waals surface area contributed by atoms with Crippen molar-refractivity contribution < 1.29 is 13.6 Å². The van der Waals surface area contributed by atoms with E-state index in [4.69, 9.17) is 13.6 Å². The van der Waals surface area contributed by atoms with E-state index in [9.17, 15) is 0 Å². The van der Waals surface area contributed by atoms with E-state index >= 15 is 0 Å². The van der Waals surface area contributed by atoms with Gasteiger partial charge in [0.2, 0.25) is 8.32 Å². The lowest BCUT2D eigenvalue weighted by atomic mass is 10.3. The molecule has 0 amide bonds. The maximum atomic E-state index is 6.65. The lowest BCUT2D eigenvalue weighted by molar-refractivity contribution is 0.0942. The Kier molecular flexibility index (Phi) is 7.28. The first kappa shape index (κ1) is 19.5. The van der Waals surface area contributed by atoms with Gasteiger partial charge in [0.15, 0.2) is 0 Å². The van der Waals surface area contributed by atoms with Crippen LogP contribution < -0.4 is 0 Å². The molecule has 0 radical (unpaired) electrons. The third kappa shape index (κ3) is 4.50. The molecule has 1 unspecified atom stereocenters. The molecule has 0 rings (SSSR count). The van der Waals surface area contributed by atoms with E-state index in [1.807, 2.05) is 0 Å². The van der Waals surface area contributed by atoms with E-state index in [1.54, 1.807) is 6.26 Å². The molecule has 0 aromatic carbocycles. The summed E-state index contributed by atoms with van der Waals surface area (Å²) in [7, 11) is -4.06. The highest BCUT2D eigenvalue weighted by molar-refractivity contribution is 6.77. The van der Waals surface area contributed by atoms with Gasteiger partial charge in [-0.05, 0) is 46.0 Å². The number of hydrogen-bond acceptors (Lipinski definition) is 3. The van der Waals surface area contributed by atoms with Crippen LogP contribution >= 0.6 is 0 Å². The standard InChI is InChI=1S/C15H32O3Si2/c1-10-14(16-12-3)19(6,7)18-15(5,11-2)20(8,9)17-13-4/h12-14H,3-4,10-11H2,1-2,5-9H3/t14?,15-/m1/s1. The topological polar surface area (TPSA) is 27.7 Å². The predicted octanol–water partition coefficient (Wildman–Crippen LogP) is 4.76. The fourth-order valence-electron chi connectivity index (χ4n) is 2.47. The summed E-state index contributed by atoms with van der Waals surface area (Å²) in [6, 6.07) is 0. The van der Waals surface area contributed by atoms with Crippen molar-refractivity contribution in [3.63, 3.8) is 0 Å². The van der Waals surface area contributed by atoms with Crippen molar-refractivity contribution in [3.05, 3.63) is 25.7 Å². The highest BCUT2D eigenvalue weighted by Crippen LogP contribution is 2.34. The molecule has 0 aliphatic heterocycles. The molecule has 0 aromatic heterocycles. The first-order valence-electron chi connectivity index (χ1n) is 7.35. The van der Waals surface area contributed by atoms with Gasteiger partial charge in [-0.2, -0.15) is 0 Å². The van der Waals surface area contributed by atoms with Crippen LogP contribution in [0.5, 0.6) is 0 Å². The zero-order chi connectivity index (χ0) is 16.0. The van der Waals surface area contributed by atoms with Crippen LogP contribution in [0.25, 0.3) is 0 Å². The molecule has 118 valence electrons. The van der Waals surface area contributed by atoms with Crippen molar-refractivity contribution in [1.29, 1.82) is 0 Å². The summed E-state index contributed by atoms with van der Waals surface area (Å²) in [5.41, 5.74) is 0.111. The molecule has 0 saturated heterocycles. The molecule has 0 spiro atoms. The molecular formula is C15H32O3Si2. The lowest BCUT2D eigenvalue weighted by Gasteiger charge is -2.46. The molecule has 0 saturated carbocycles. The van der Waals surface area contributed by atoms with Crippen molar-refractivity contribution in [2.24, 2.45) is 0 Å². The number of ether oxygens (including phenoxy) is 1. The van der Waals surface area contributed by atoms with Gasteiger partial charge in [0.05, 0.1) is 17.7 Å². The minimum atomic E-state index is -2.04. The Bertz CT molecular complexity index is 329. The van der Waals surface area contributed by atoms with Crippen molar-refractivity contribution in [2.75, 3.05) is 0 Å². The molecule has 0 bridgehead atoms. The zero-order valence-corrected chi connectivity index (χ0v) is 16.3. The van der Waals surface area contributed by atoms with Crippen molar-refractivity contribution in [1.82, 2.24) is 0 Å². The molecule has 0 heterocycles. The predicted molar refractivity (Wildman–Crippen MR) is 91.4 cm³/mol. The van der Waals surface area contributed by atoms with Gasteiger partial charge in [-0.3, -0.25) is 0 Å². The Hall–Kier alpha value is -0.526. The fourth-order valence-corrected chi connectivity index (χ4v) is 8.60. The summed E-state index contributed by atoms with van der Waals surface area (Å²) >= 11 is 0. The number of rotatable bonds is 10. The Morgan fingerprint density at radius 1 is 1.10 bits per heavy atom. The Labute approximate surface area is 127 Å². The minimum absolute atomic E-state index is 0.111. The maximum absolute atomic E-state index is 6.65. The van der Waals surface area contributed by atoms with Gasteiger partial charge in [0.25, 0.3) is 8.32 Å². The Morgan fingerprint density at radius 3 is 2.00 bits per heavy atom. The smallest absolute Gasteiger partial charge is 0.274 e. The van der Waals surface area contributed by atoms with Crippen LogP contribution in [0, 0.1) is 0 Å². The van der Waals surface area contributed by atoms with E-state index in [-0.39, 0.29) is 11.0 Å². The summed E-state index contributed by atoms with van der Waals surface area (Å²) in [4.78, 5) is 0. The lowest BCUT2D eigenvalue weighted by Crippen LogP contribution is -2.62. The van der Waals surface area contributed by atoms with Crippen LogP contribution in [0.15, 0.2) is 25.7 Å². The Balaban J connectivity index is 5.27. The quantitative estimate of drug-likeness (QED) is 0.429. The first-order chi connectivity index (χ1) is 9.10. The van der Waals surface area contributed by atoms with Crippen LogP contribution in [0.2, 0.25) is 26.2 Å². The minimum Gasteiger partial charge on any atom is -0.547 e. The SMILES string of the molecule is C=COC(CC)[Si](C)(C)O[C@@](C)(CC)[Si](C)(C)OC=C. The summed E-state index contributed by atoms with van der Waals surface area (Å²) in [6.07, 6.45) is 4.92. The third-order valence-electron chi connectivity index (χ3n) is 4.22. The van der Waals surface area contributed by atoms with Gasteiger partial charge in [0.1, 0.15) is 5.73 Å². The molecule has 20 heavy (non-hydrogen) atoms. The highest BCUT2D eigenvalue weighted by atomic mass is 28.4. The third-order valence-corrected chi connectivity index (χ3v) is 11.3. The average molecular weight is 317 g/mol. The van der Waals surface area contributed by atoms with Crippen LogP contribution in [-0.4, -0.2) is 27.6 Å². The second kappa shape index (κ2) is 7.47. The zero-order valence-electron chi connectivity index (χ0n) is 14.3. The van der Waals surface area contributed by atoms with Crippen LogP contribution in [0.3, 0.4) is 0 Å². The summed E-state index contributed by atoms with van der Waals surface area (Å²) in [5.74, 6) is 0. The molecule has 0 N–H and O–H groups in total. The highest BCUT2D eigenvalue weighted by Gasteiger charge is 2.51. The molecule has 5 heteroatoms. The monoisotopic (exact) mass is 316 g/mol. The van der Waals surface area contributed by atoms with Crippen LogP contribution in [0.4, 0.5) is 0 Å². The first-order valence-corrected chi connectivity index (χ1v) is 13.2. The van der Waals surface area contributed by atoms with Crippen LogP contribution in [0.1, 0.15) is 33.6 Å². The largest absolute Gasteiger partial charge is 0.547 e. The second-order valence-corrected chi connectivity index (χ2v) is 14.7. The summed E-state index contributed by atoms with van der Waals surface area (Å²) < 4.78 is 18.2. The Morgan fingerprint density at radius 2 is 1.65 bits per heavy atom. The van der Waals surface area contributed by atoms with Crippen molar-refractivity contribution in [3.8, 4) is 0 Å². The van der Waals surface area contributed by atoms with Gasteiger partial charge < -0.3 is 13.6 Å². The van der Waals surface area contributed by atoms with E-state index in [1.165, 1.54) is 6.26 Å². The molecule has 3 nitrogen and oxygen atoms in total. The van der Waals surface area contributed by atoms with Gasteiger partial charge in [-0.15, -0.1) is 0 Å². The molecule has 0 aliphatic rings. The molecule has 2 atom stereocenters. The molecule has 0 aromatic rings. The van der Waals surface area contributed by atoms with E-state index in [0.717, 1.165) is 12.8 Å². The van der Waals surface area contributed by atoms with Gasteiger partial charge in [0, 0.05) is 0 Å². The second-order valence-electron chi connectivity index (χ2n) is 6.28. The van der Waals surface area contributed by atoms with Gasteiger partial charge in [-0.25, -0.2) is 0 Å². The van der Waals surface area contributed by atoms with E-state index in [0.29, 0.717) is 0 Å². The fraction of sp³-hybridized carbons (Fsp3) is 0.733.